The molecule has 1 atom stereocenters. The minimum absolute atomic E-state index is 0.0750. The zero-order chi connectivity index (χ0) is 18.2. The number of nitrogens with one attached hydrogen (secondary N) is 2. The third-order valence-corrected chi connectivity index (χ3v) is 5.02. The van der Waals surface area contributed by atoms with Crippen molar-refractivity contribution >= 4 is 23.2 Å². The Balaban J connectivity index is 1.92. The fraction of sp³-hybridized carbons (Fsp3) is 0.444. The molecule has 5 nitrogen and oxygen atoms in total. The predicted octanol–water partition coefficient (Wildman–Crippen LogP) is 3.27. The maximum Gasteiger partial charge on any atom is 0.169 e. The van der Waals surface area contributed by atoms with Gasteiger partial charge in [-0.05, 0) is 43.0 Å². The second-order valence-electron chi connectivity index (χ2n) is 6.10. The van der Waals surface area contributed by atoms with Gasteiger partial charge in [0.1, 0.15) is 18.0 Å². The molecule has 0 aliphatic carbocycles. The average Bonchev–Trinajstić information content (AvgIpc) is 2.62. The molecule has 1 aromatic rings. The lowest BCUT2D eigenvalue weighted by Crippen LogP contribution is -2.40. The summed E-state index contributed by atoms with van der Waals surface area (Å²) in [6, 6.07) is 9.55. The highest BCUT2D eigenvalue weighted by atomic mass is 35.5. The zero-order valence-electron chi connectivity index (χ0n) is 14.1. The molecule has 2 rings (SSSR count). The molecule has 0 aromatic heterocycles. The number of allylic oxidation sites excluding steroid dienone is 1. The van der Waals surface area contributed by atoms with Crippen molar-refractivity contribution in [3.8, 4) is 12.1 Å². The summed E-state index contributed by atoms with van der Waals surface area (Å²) < 4.78 is 0. The number of piperidine rings is 1. The van der Waals surface area contributed by atoms with Crippen LogP contribution in [0.15, 0.2) is 29.6 Å². The molecule has 25 heavy (non-hydrogen) atoms. The van der Waals surface area contributed by atoms with E-state index >= 15 is 0 Å². The molecule has 0 saturated carbocycles. The van der Waals surface area contributed by atoms with E-state index in [0.717, 1.165) is 44.6 Å². The largest absolute Gasteiger partial charge is 0.373 e. The fourth-order valence-corrected chi connectivity index (χ4v) is 3.36. The van der Waals surface area contributed by atoms with Gasteiger partial charge < -0.3 is 10.6 Å². The van der Waals surface area contributed by atoms with Gasteiger partial charge in [-0.2, -0.15) is 10.5 Å². The highest BCUT2D eigenvalue weighted by Crippen LogP contribution is 2.24. The Bertz CT molecular complexity index is 701. The number of benzene rings is 1. The molecule has 1 aliphatic heterocycles. The van der Waals surface area contributed by atoms with E-state index in [2.05, 4.69) is 15.5 Å². The maximum absolute atomic E-state index is 8.97. The Morgan fingerprint density at radius 2 is 2.04 bits per heavy atom. The molecule has 132 valence electrons. The van der Waals surface area contributed by atoms with Crippen LogP contribution in [-0.4, -0.2) is 31.6 Å². The number of likely N-dealkylation sites (tertiary alicyclic amines) is 1. The summed E-state index contributed by atoms with van der Waals surface area (Å²) in [5, 5.41) is 25.2. The smallest absolute Gasteiger partial charge is 0.169 e. The van der Waals surface area contributed by atoms with Crippen molar-refractivity contribution in [1.29, 1.82) is 10.5 Å². The van der Waals surface area contributed by atoms with Crippen LogP contribution in [0, 0.1) is 28.6 Å². The van der Waals surface area contributed by atoms with Gasteiger partial charge in [-0.1, -0.05) is 29.3 Å². The Kier molecular flexibility index (Phi) is 7.40. The average molecular weight is 378 g/mol. The monoisotopic (exact) mass is 377 g/mol. The van der Waals surface area contributed by atoms with E-state index < -0.39 is 0 Å². The number of nitrogens with zero attached hydrogens (tertiary/aromatic N) is 3. The van der Waals surface area contributed by atoms with Crippen LogP contribution in [0.3, 0.4) is 0 Å². The molecule has 1 fully saturated rings. The van der Waals surface area contributed by atoms with E-state index in [4.69, 9.17) is 33.7 Å². The highest BCUT2D eigenvalue weighted by Gasteiger charge is 2.20. The van der Waals surface area contributed by atoms with Crippen LogP contribution in [0.5, 0.6) is 0 Å². The molecule has 7 heteroatoms. The van der Waals surface area contributed by atoms with E-state index in [1.807, 2.05) is 30.3 Å². The third-order valence-electron chi connectivity index (χ3n) is 4.28. The first-order chi connectivity index (χ1) is 12.1. The van der Waals surface area contributed by atoms with Gasteiger partial charge in [-0.3, -0.25) is 4.90 Å². The number of rotatable bonds is 6. The Hall–Kier alpha value is -1.92. The number of hydrogen-bond acceptors (Lipinski definition) is 5. The molecule has 0 radical (unpaired) electrons. The van der Waals surface area contributed by atoms with Crippen molar-refractivity contribution in [2.75, 3.05) is 26.7 Å². The molecule has 1 aromatic carbocycles. The Labute approximate surface area is 158 Å². The maximum atomic E-state index is 8.97. The van der Waals surface area contributed by atoms with Crippen LogP contribution in [0.25, 0.3) is 0 Å². The summed E-state index contributed by atoms with van der Waals surface area (Å²) in [4.78, 5) is 2.40. The van der Waals surface area contributed by atoms with Crippen molar-refractivity contribution in [3.63, 3.8) is 0 Å². The van der Waals surface area contributed by atoms with E-state index in [1.165, 1.54) is 0 Å². The standard InChI is InChI=1S/C18H21Cl2N5/c1-23-18(15(8-21)9-22)24-10-14-3-2-6-25(12-14)11-13-4-5-16(19)17(20)7-13/h4-5,7,14,23-24H,2-3,6,10-12H2,1H3. The summed E-state index contributed by atoms with van der Waals surface area (Å²) in [5.74, 6) is 0.949. The lowest BCUT2D eigenvalue weighted by molar-refractivity contribution is 0.167. The summed E-state index contributed by atoms with van der Waals surface area (Å²) in [5.41, 5.74) is 1.22. The summed E-state index contributed by atoms with van der Waals surface area (Å²) in [6.07, 6.45) is 2.24. The van der Waals surface area contributed by atoms with Gasteiger partial charge in [-0.15, -0.1) is 0 Å². The van der Waals surface area contributed by atoms with Crippen molar-refractivity contribution < 1.29 is 0 Å². The third kappa shape index (κ3) is 5.54. The molecule has 1 aliphatic rings. The van der Waals surface area contributed by atoms with Gasteiger partial charge in [0, 0.05) is 26.7 Å². The fourth-order valence-electron chi connectivity index (χ4n) is 3.04. The normalized spacial score (nSPS) is 17.2. The molecule has 1 unspecified atom stereocenters. The van der Waals surface area contributed by atoms with Crippen LogP contribution >= 0.6 is 23.2 Å². The van der Waals surface area contributed by atoms with E-state index in [0.29, 0.717) is 21.8 Å². The first kappa shape index (κ1) is 19.4. The minimum atomic E-state index is 0.0750. The molecule has 0 amide bonds. The van der Waals surface area contributed by atoms with Gasteiger partial charge in [0.15, 0.2) is 5.57 Å². The topological polar surface area (TPSA) is 74.9 Å². The van der Waals surface area contributed by atoms with Gasteiger partial charge in [0.05, 0.1) is 10.0 Å². The van der Waals surface area contributed by atoms with Gasteiger partial charge in [0.25, 0.3) is 0 Å². The lowest BCUT2D eigenvalue weighted by atomic mass is 9.97. The van der Waals surface area contributed by atoms with Crippen molar-refractivity contribution in [3.05, 3.63) is 45.2 Å². The van der Waals surface area contributed by atoms with Gasteiger partial charge in [-0.25, -0.2) is 0 Å². The first-order valence-electron chi connectivity index (χ1n) is 8.19. The molecular formula is C18H21Cl2N5. The van der Waals surface area contributed by atoms with Crippen molar-refractivity contribution in [2.45, 2.75) is 19.4 Å². The van der Waals surface area contributed by atoms with Crippen molar-refractivity contribution in [2.24, 2.45) is 5.92 Å². The predicted molar refractivity (Wildman–Crippen MR) is 99.8 cm³/mol. The SMILES string of the molecule is CNC(NCC1CCCN(Cc2ccc(Cl)c(Cl)c2)C1)=C(C#N)C#N. The van der Waals surface area contributed by atoms with Crippen molar-refractivity contribution in [1.82, 2.24) is 15.5 Å². The summed E-state index contributed by atoms with van der Waals surface area (Å²) in [7, 11) is 1.70. The van der Waals surface area contributed by atoms with E-state index in [9.17, 15) is 0 Å². The quantitative estimate of drug-likeness (QED) is 0.744. The van der Waals surface area contributed by atoms with Crippen LogP contribution in [0.2, 0.25) is 10.0 Å². The number of hydrogen-bond donors (Lipinski definition) is 2. The minimum Gasteiger partial charge on any atom is -0.373 e. The Morgan fingerprint density at radius 3 is 2.68 bits per heavy atom. The van der Waals surface area contributed by atoms with Crippen LogP contribution < -0.4 is 10.6 Å². The van der Waals surface area contributed by atoms with Crippen LogP contribution in [0.1, 0.15) is 18.4 Å². The van der Waals surface area contributed by atoms with Gasteiger partial charge >= 0.3 is 0 Å². The molecule has 1 heterocycles. The second-order valence-corrected chi connectivity index (χ2v) is 6.91. The second kappa shape index (κ2) is 9.53. The molecule has 2 N–H and O–H groups in total. The summed E-state index contributed by atoms with van der Waals surface area (Å²) in [6.45, 7) is 3.57. The molecular weight excluding hydrogens is 357 g/mol. The molecule has 0 bridgehead atoms. The van der Waals surface area contributed by atoms with Crippen LogP contribution in [0.4, 0.5) is 0 Å². The van der Waals surface area contributed by atoms with Gasteiger partial charge in [0.2, 0.25) is 0 Å². The summed E-state index contributed by atoms with van der Waals surface area (Å²) >= 11 is 12.1. The highest BCUT2D eigenvalue weighted by molar-refractivity contribution is 6.42. The number of halogens is 2. The van der Waals surface area contributed by atoms with Crippen LogP contribution in [-0.2, 0) is 6.54 Å². The number of nitriles is 2. The first-order valence-corrected chi connectivity index (χ1v) is 8.95. The lowest BCUT2D eigenvalue weighted by Gasteiger charge is -2.33. The molecule has 0 spiro atoms. The zero-order valence-corrected chi connectivity index (χ0v) is 15.7. The Morgan fingerprint density at radius 1 is 1.28 bits per heavy atom. The van der Waals surface area contributed by atoms with E-state index in [-0.39, 0.29) is 5.57 Å². The molecule has 1 saturated heterocycles. The van der Waals surface area contributed by atoms with E-state index in [1.54, 1.807) is 7.05 Å².